The van der Waals surface area contributed by atoms with Crippen LogP contribution in [-0.2, 0) is 5.54 Å². The van der Waals surface area contributed by atoms with E-state index in [-0.39, 0.29) is 5.92 Å². The highest BCUT2D eigenvalue weighted by molar-refractivity contribution is 7.13. The fraction of sp³-hybridized carbons (Fsp3) is 0.714. The standard InChI is InChI=1S/C14H22N2O2S/c1-8(2)10-11(12(17)18)19-13(16-10)14(15)6-4-9(3)5-7-14/h8-9H,4-7,15H2,1-3H3,(H,17,18). The van der Waals surface area contributed by atoms with Crippen molar-refractivity contribution in [2.24, 2.45) is 11.7 Å². The van der Waals surface area contributed by atoms with E-state index in [4.69, 9.17) is 5.73 Å². The van der Waals surface area contributed by atoms with Crippen LogP contribution in [0.5, 0.6) is 0 Å². The second kappa shape index (κ2) is 5.21. The lowest BCUT2D eigenvalue weighted by molar-refractivity contribution is 0.0700. The van der Waals surface area contributed by atoms with E-state index < -0.39 is 11.5 Å². The van der Waals surface area contributed by atoms with Gasteiger partial charge in [0.05, 0.1) is 11.2 Å². The van der Waals surface area contributed by atoms with Gasteiger partial charge < -0.3 is 10.8 Å². The van der Waals surface area contributed by atoms with Crippen molar-refractivity contribution in [1.29, 1.82) is 0 Å². The summed E-state index contributed by atoms with van der Waals surface area (Å²) in [7, 11) is 0. The van der Waals surface area contributed by atoms with Crippen LogP contribution in [-0.4, -0.2) is 16.1 Å². The normalized spacial score (nSPS) is 27.7. The Balaban J connectivity index is 2.35. The second-order valence-electron chi connectivity index (χ2n) is 6.03. The first-order chi connectivity index (χ1) is 8.83. The van der Waals surface area contributed by atoms with Crippen LogP contribution < -0.4 is 5.73 Å². The molecule has 0 spiro atoms. The van der Waals surface area contributed by atoms with Crippen LogP contribution in [0.1, 0.15) is 72.7 Å². The number of nitrogens with zero attached hydrogens (tertiary/aromatic N) is 1. The number of carbonyl (C=O) groups is 1. The lowest BCUT2D eigenvalue weighted by atomic mass is 9.78. The predicted octanol–water partition coefficient (Wildman–Crippen LogP) is 3.33. The summed E-state index contributed by atoms with van der Waals surface area (Å²) in [5, 5.41) is 10.1. The van der Waals surface area contributed by atoms with Crippen molar-refractivity contribution in [1.82, 2.24) is 4.98 Å². The van der Waals surface area contributed by atoms with Crippen LogP contribution in [0.3, 0.4) is 0 Å². The lowest BCUT2D eigenvalue weighted by Gasteiger charge is -2.34. The molecule has 1 aliphatic rings. The molecule has 19 heavy (non-hydrogen) atoms. The SMILES string of the molecule is CC1CCC(N)(c2nc(C(C)C)c(C(=O)O)s2)CC1. The van der Waals surface area contributed by atoms with Gasteiger partial charge in [0.15, 0.2) is 0 Å². The molecule has 3 N–H and O–H groups in total. The van der Waals surface area contributed by atoms with Gasteiger partial charge in [-0.2, -0.15) is 0 Å². The molecule has 0 bridgehead atoms. The molecule has 0 atom stereocenters. The van der Waals surface area contributed by atoms with Gasteiger partial charge in [-0.15, -0.1) is 11.3 Å². The van der Waals surface area contributed by atoms with Gasteiger partial charge in [0.25, 0.3) is 0 Å². The van der Waals surface area contributed by atoms with E-state index >= 15 is 0 Å². The van der Waals surface area contributed by atoms with Crippen LogP contribution in [0.4, 0.5) is 0 Å². The third-order valence-corrected chi connectivity index (χ3v) is 5.27. The number of aromatic nitrogens is 1. The average Bonchev–Trinajstić information content (AvgIpc) is 2.79. The first-order valence-corrected chi connectivity index (χ1v) is 7.68. The molecule has 1 aromatic rings. The summed E-state index contributed by atoms with van der Waals surface area (Å²) < 4.78 is 0. The molecule has 1 heterocycles. The van der Waals surface area contributed by atoms with Gasteiger partial charge >= 0.3 is 5.97 Å². The Labute approximate surface area is 118 Å². The zero-order chi connectivity index (χ0) is 14.2. The van der Waals surface area contributed by atoms with E-state index in [0.29, 0.717) is 16.5 Å². The van der Waals surface area contributed by atoms with Crippen LogP contribution in [0.15, 0.2) is 0 Å². The minimum Gasteiger partial charge on any atom is -0.477 e. The quantitative estimate of drug-likeness (QED) is 0.891. The highest BCUT2D eigenvalue weighted by atomic mass is 32.1. The van der Waals surface area contributed by atoms with E-state index in [1.54, 1.807) is 0 Å². The van der Waals surface area contributed by atoms with E-state index in [1.165, 1.54) is 11.3 Å². The molecule has 0 aliphatic heterocycles. The van der Waals surface area contributed by atoms with E-state index in [9.17, 15) is 9.90 Å². The van der Waals surface area contributed by atoms with Crippen molar-refractivity contribution in [2.75, 3.05) is 0 Å². The largest absolute Gasteiger partial charge is 0.477 e. The van der Waals surface area contributed by atoms with Gasteiger partial charge in [-0.3, -0.25) is 0 Å². The maximum atomic E-state index is 11.3. The molecule has 0 saturated heterocycles. The van der Waals surface area contributed by atoms with Crippen molar-refractivity contribution in [3.05, 3.63) is 15.6 Å². The summed E-state index contributed by atoms with van der Waals surface area (Å²) in [5.74, 6) is -0.0670. The minimum absolute atomic E-state index is 0.113. The fourth-order valence-corrected chi connectivity index (χ4v) is 3.80. The first kappa shape index (κ1) is 14.5. The van der Waals surface area contributed by atoms with E-state index in [1.807, 2.05) is 13.8 Å². The molecule has 1 fully saturated rings. The average molecular weight is 282 g/mol. The Bertz CT molecular complexity index is 474. The Morgan fingerprint density at radius 3 is 2.47 bits per heavy atom. The number of rotatable bonds is 3. The minimum atomic E-state index is -0.889. The zero-order valence-electron chi connectivity index (χ0n) is 11.8. The molecule has 1 aromatic heterocycles. The Morgan fingerprint density at radius 1 is 1.47 bits per heavy atom. The molecular formula is C14H22N2O2S. The highest BCUT2D eigenvalue weighted by Crippen LogP contribution is 2.40. The predicted molar refractivity (Wildman–Crippen MR) is 76.7 cm³/mol. The number of nitrogens with two attached hydrogens (primary N) is 1. The van der Waals surface area contributed by atoms with E-state index in [0.717, 1.165) is 30.7 Å². The molecule has 0 amide bonds. The summed E-state index contributed by atoms with van der Waals surface area (Å²) >= 11 is 1.27. The number of carboxylic acids is 1. The van der Waals surface area contributed by atoms with Gasteiger partial charge in [0.1, 0.15) is 9.88 Å². The molecule has 2 rings (SSSR count). The molecular weight excluding hydrogens is 260 g/mol. The Morgan fingerprint density at radius 2 is 2.05 bits per heavy atom. The van der Waals surface area contributed by atoms with Crippen LogP contribution in [0.25, 0.3) is 0 Å². The van der Waals surface area contributed by atoms with Gasteiger partial charge in [-0.1, -0.05) is 20.8 Å². The molecule has 0 radical (unpaired) electrons. The van der Waals surface area contributed by atoms with Crippen LogP contribution in [0, 0.1) is 5.92 Å². The van der Waals surface area contributed by atoms with Crippen molar-refractivity contribution in [3.63, 3.8) is 0 Å². The highest BCUT2D eigenvalue weighted by Gasteiger charge is 2.36. The Hall–Kier alpha value is -0.940. The lowest BCUT2D eigenvalue weighted by Crippen LogP contribution is -2.40. The molecule has 4 nitrogen and oxygen atoms in total. The third kappa shape index (κ3) is 2.82. The molecule has 1 aliphatic carbocycles. The van der Waals surface area contributed by atoms with Crippen LogP contribution >= 0.6 is 11.3 Å². The summed E-state index contributed by atoms with van der Waals surface area (Å²) in [6.45, 7) is 6.18. The van der Waals surface area contributed by atoms with Gasteiger partial charge in [0, 0.05) is 0 Å². The third-order valence-electron chi connectivity index (χ3n) is 3.99. The number of aromatic carboxylic acids is 1. The maximum absolute atomic E-state index is 11.3. The van der Waals surface area contributed by atoms with Gasteiger partial charge in [-0.05, 0) is 37.5 Å². The van der Waals surface area contributed by atoms with Crippen molar-refractivity contribution in [3.8, 4) is 0 Å². The number of thiazole rings is 1. The topological polar surface area (TPSA) is 76.2 Å². The number of carboxylic acid groups (broad SMARTS) is 1. The van der Waals surface area contributed by atoms with Crippen molar-refractivity contribution in [2.45, 2.75) is 57.9 Å². The monoisotopic (exact) mass is 282 g/mol. The van der Waals surface area contributed by atoms with Gasteiger partial charge in [0.2, 0.25) is 0 Å². The summed E-state index contributed by atoms with van der Waals surface area (Å²) in [6, 6.07) is 0. The van der Waals surface area contributed by atoms with Crippen LogP contribution in [0.2, 0.25) is 0 Å². The Kier molecular flexibility index (Phi) is 3.97. The summed E-state index contributed by atoms with van der Waals surface area (Å²) in [6.07, 6.45) is 3.99. The second-order valence-corrected chi connectivity index (χ2v) is 7.03. The van der Waals surface area contributed by atoms with E-state index in [2.05, 4.69) is 11.9 Å². The summed E-state index contributed by atoms with van der Waals surface area (Å²) in [5.41, 5.74) is 6.73. The molecule has 106 valence electrons. The van der Waals surface area contributed by atoms with Gasteiger partial charge in [-0.25, -0.2) is 9.78 Å². The molecule has 0 aromatic carbocycles. The fourth-order valence-electron chi connectivity index (χ4n) is 2.58. The molecule has 5 heteroatoms. The molecule has 0 unspecified atom stereocenters. The van der Waals surface area contributed by atoms with Crippen molar-refractivity contribution >= 4 is 17.3 Å². The molecule has 1 saturated carbocycles. The zero-order valence-corrected chi connectivity index (χ0v) is 12.6. The maximum Gasteiger partial charge on any atom is 0.347 e. The number of hydrogen-bond acceptors (Lipinski definition) is 4. The smallest absolute Gasteiger partial charge is 0.347 e. The summed E-state index contributed by atoms with van der Waals surface area (Å²) in [4.78, 5) is 16.2. The number of hydrogen-bond donors (Lipinski definition) is 2. The first-order valence-electron chi connectivity index (χ1n) is 6.87. The van der Waals surface area contributed by atoms with Crippen molar-refractivity contribution < 1.29 is 9.90 Å².